The quantitative estimate of drug-likeness (QED) is 0.116. The van der Waals surface area contributed by atoms with Crippen LogP contribution in [0.25, 0.3) is 132 Å². The van der Waals surface area contributed by atoms with Gasteiger partial charge in [-0.1, -0.05) is 103 Å². The van der Waals surface area contributed by atoms with Crippen molar-refractivity contribution in [2.24, 2.45) is 0 Å². The summed E-state index contributed by atoms with van der Waals surface area (Å²) in [7, 11) is 0. The van der Waals surface area contributed by atoms with E-state index in [0.717, 1.165) is 86.9 Å². The minimum Gasteiger partial charge on any atom is -0.309 e. The van der Waals surface area contributed by atoms with E-state index in [1.165, 1.54) is 12.1 Å². The van der Waals surface area contributed by atoms with Crippen LogP contribution in [0.3, 0.4) is 0 Å². The zero-order chi connectivity index (χ0) is 57.8. The molecule has 7 aromatic carbocycles. The number of rotatable bonds is 6. The minimum absolute atomic E-state index is 0. The van der Waals surface area contributed by atoms with Crippen LogP contribution in [0.4, 0.5) is 0 Å². The Balaban J connectivity index is 0.000000220. The minimum atomic E-state index is -0.595. The number of hydrogen-bond donors (Lipinski definition) is 0. The van der Waals surface area contributed by atoms with Gasteiger partial charge in [-0.05, 0) is 127 Å². The molecule has 14 nitrogen and oxygen atoms in total. The van der Waals surface area contributed by atoms with Gasteiger partial charge in [0.1, 0.15) is 0 Å². The maximum Gasteiger partial charge on any atom is 2.00 e. The molecule has 17 aromatic rings. The second-order valence-corrected chi connectivity index (χ2v) is 20.5. The first-order valence-electron chi connectivity index (χ1n) is 27.7. The Labute approximate surface area is 506 Å². The molecule has 15 heteroatoms. The summed E-state index contributed by atoms with van der Waals surface area (Å²) in [6.45, 7) is 0. The van der Waals surface area contributed by atoms with Crippen LogP contribution >= 0.6 is 0 Å². The molecular weight excluding hydrogens is 1170 g/mol. The third-order valence-corrected chi connectivity index (χ3v) is 15.6. The van der Waals surface area contributed by atoms with E-state index < -0.39 is 22.2 Å². The van der Waals surface area contributed by atoms with E-state index in [1.807, 2.05) is 140 Å². The molecule has 87 heavy (non-hydrogen) atoms. The fraction of sp³-hybridized carbons (Fsp3) is 0. The SMILES string of the molecule is O=c1c2cc3c(=O)n(-c4cc5cccnc5c5ncccc45)c(=O)c3cc2c(=O)n1-c1cc(-n2c3ccccc3c3ccccc32)cc(-n2c3ccccc3c3ccccc32)c1.[Ru+2].c1ccc(-c2ccccn2)nc1.c1ccc(-c2ccccn2)nc1. The normalized spacial score (nSPS) is 11.3. The summed E-state index contributed by atoms with van der Waals surface area (Å²) in [5.74, 6) is 0. The summed E-state index contributed by atoms with van der Waals surface area (Å²) >= 11 is 0. The number of para-hydroxylation sites is 4. The smallest absolute Gasteiger partial charge is 0.309 e. The van der Waals surface area contributed by atoms with Gasteiger partial charge in [-0.2, -0.15) is 0 Å². The standard InChI is InChI=1S/C52H28N6O4.2C10H8N2.Ru/c59-49-38-27-40-41(52(62)58(51(40)61)46-23-29-11-9-21-53-47(29)48-37(46)16-10-22-54-48)28-39(38)50(60)57(49)32-25-30(55-42-17-5-1-12-33(42)34-13-2-6-18-43(34)55)24-31(26-32)56-44-19-7-3-14-35(44)36-15-4-8-20-45(36)56;2*1-3-7-11-9(5-1)10-6-2-4-8-12-10;/h1-28H;2*1-8H;/q;;;+2. The van der Waals surface area contributed by atoms with Crippen molar-refractivity contribution in [3.8, 4) is 45.5 Å². The van der Waals surface area contributed by atoms with Crippen LogP contribution in [-0.4, -0.2) is 48.2 Å². The summed E-state index contributed by atoms with van der Waals surface area (Å²) in [4.78, 5) is 84.1. The Bertz CT molecular complexity index is 5240. The van der Waals surface area contributed by atoms with E-state index in [0.29, 0.717) is 33.2 Å². The largest absolute Gasteiger partial charge is 2.00 e. The molecule has 0 saturated carbocycles. The Kier molecular flexibility index (Phi) is 13.7. The summed E-state index contributed by atoms with van der Waals surface area (Å²) in [6.07, 6.45) is 10.4. The number of hydrogen-bond acceptors (Lipinski definition) is 10. The molecular formula is C72H44N10O4Ru+2. The third kappa shape index (κ3) is 9.17. The van der Waals surface area contributed by atoms with Crippen molar-refractivity contribution in [2.75, 3.05) is 0 Å². The van der Waals surface area contributed by atoms with Gasteiger partial charge in [-0.25, -0.2) is 9.13 Å². The van der Waals surface area contributed by atoms with Crippen molar-refractivity contribution < 1.29 is 19.5 Å². The van der Waals surface area contributed by atoms with Gasteiger partial charge in [0.15, 0.2) is 0 Å². The number of pyridine rings is 6. The molecule has 0 atom stereocenters. The van der Waals surface area contributed by atoms with E-state index in [-0.39, 0.29) is 41.0 Å². The van der Waals surface area contributed by atoms with Gasteiger partial charge < -0.3 is 9.13 Å². The average Bonchev–Trinajstić information content (AvgIpc) is 1.65. The van der Waals surface area contributed by atoms with Gasteiger partial charge in [0.25, 0.3) is 22.2 Å². The van der Waals surface area contributed by atoms with Gasteiger partial charge in [-0.3, -0.25) is 49.1 Å². The molecule has 0 fully saturated rings. The van der Waals surface area contributed by atoms with Gasteiger partial charge in [-0.15, -0.1) is 0 Å². The molecule has 0 aliphatic rings. The van der Waals surface area contributed by atoms with E-state index in [1.54, 1.807) is 61.4 Å². The summed E-state index contributed by atoms with van der Waals surface area (Å²) in [6, 6.07) is 73.4. The van der Waals surface area contributed by atoms with E-state index >= 15 is 0 Å². The van der Waals surface area contributed by atoms with Crippen LogP contribution in [0.2, 0.25) is 0 Å². The molecule has 0 radical (unpaired) electrons. The molecule has 10 aromatic heterocycles. The van der Waals surface area contributed by atoms with Crippen molar-refractivity contribution in [3.63, 3.8) is 0 Å². The maximum absolute atomic E-state index is 14.8. The van der Waals surface area contributed by atoms with Crippen molar-refractivity contribution >= 4 is 87.0 Å². The van der Waals surface area contributed by atoms with Crippen LogP contribution in [-0.2, 0) is 19.5 Å². The number of fused-ring (bicyclic) bond motifs is 11. The predicted octanol–water partition coefficient (Wildman–Crippen LogP) is 13.5. The van der Waals surface area contributed by atoms with Crippen LogP contribution in [0.5, 0.6) is 0 Å². The fourth-order valence-corrected chi connectivity index (χ4v) is 11.8. The topological polar surface area (TPSA) is 165 Å². The first-order valence-corrected chi connectivity index (χ1v) is 27.7. The Morgan fingerprint density at radius 3 is 0.931 bits per heavy atom. The van der Waals surface area contributed by atoms with Gasteiger partial charge in [0.2, 0.25) is 0 Å². The Hall–Kier alpha value is -11.5. The molecule has 412 valence electrons. The zero-order valence-corrected chi connectivity index (χ0v) is 47.6. The summed E-state index contributed by atoms with van der Waals surface area (Å²) in [5.41, 5.74) is 8.49. The molecule has 0 amide bonds. The Morgan fingerprint density at radius 2 is 0.552 bits per heavy atom. The van der Waals surface area contributed by atoms with E-state index in [9.17, 15) is 19.2 Å². The van der Waals surface area contributed by atoms with Crippen LogP contribution < -0.4 is 22.2 Å². The summed E-state index contributed by atoms with van der Waals surface area (Å²) < 4.78 is 6.59. The maximum atomic E-state index is 14.8. The average molecular weight is 1210 g/mol. The van der Waals surface area contributed by atoms with Crippen molar-refractivity contribution in [1.29, 1.82) is 0 Å². The van der Waals surface area contributed by atoms with Gasteiger partial charge in [0.05, 0.1) is 100 Å². The molecule has 0 spiro atoms. The van der Waals surface area contributed by atoms with Crippen molar-refractivity contribution in [2.45, 2.75) is 0 Å². The second kappa shape index (κ2) is 22.2. The molecule has 0 aliphatic heterocycles. The predicted molar refractivity (Wildman–Crippen MR) is 342 cm³/mol. The van der Waals surface area contributed by atoms with Crippen LogP contribution in [0.15, 0.2) is 287 Å². The molecule has 0 unspecified atom stereocenters. The fourth-order valence-electron chi connectivity index (χ4n) is 11.8. The third-order valence-electron chi connectivity index (χ3n) is 15.6. The van der Waals surface area contributed by atoms with Crippen molar-refractivity contribution in [3.05, 3.63) is 309 Å². The number of benzene rings is 7. The molecule has 0 bridgehead atoms. The number of aromatic nitrogens is 10. The van der Waals surface area contributed by atoms with Crippen molar-refractivity contribution in [1.82, 2.24) is 48.2 Å². The molecule has 0 N–H and O–H groups in total. The van der Waals surface area contributed by atoms with Crippen LogP contribution in [0, 0.1) is 0 Å². The first kappa shape index (κ1) is 53.5. The van der Waals surface area contributed by atoms with Gasteiger partial charge in [0, 0.05) is 69.5 Å². The summed E-state index contributed by atoms with van der Waals surface area (Å²) in [5, 5.41) is 5.72. The molecule has 0 aliphatic carbocycles. The molecule has 0 saturated heterocycles. The van der Waals surface area contributed by atoms with Crippen LogP contribution in [0.1, 0.15) is 0 Å². The van der Waals surface area contributed by atoms with Gasteiger partial charge >= 0.3 is 19.5 Å². The second-order valence-electron chi connectivity index (χ2n) is 20.5. The zero-order valence-electron chi connectivity index (χ0n) is 45.9. The molecule has 10 heterocycles. The Morgan fingerprint density at radius 1 is 0.241 bits per heavy atom. The number of nitrogens with zero attached hydrogens (tertiary/aromatic N) is 10. The van der Waals surface area contributed by atoms with E-state index in [2.05, 4.69) is 93.6 Å². The monoisotopic (exact) mass is 1210 g/mol. The molecule has 17 rings (SSSR count). The first-order chi connectivity index (χ1) is 42.4. The van der Waals surface area contributed by atoms with E-state index in [4.69, 9.17) is 0 Å².